The van der Waals surface area contributed by atoms with Gasteiger partial charge in [-0.3, -0.25) is 4.99 Å². The SMILES string of the molecule is C/N=C(/OC)c1ccccc1C. The van der Waals surface area contributed by atoms with Gasteiger partial charge in [0.25, 0.3) is 0 Å². The van der Waals surface area contributed by atoms with Crippen molar-refractivity contribution in [3.05, 3.63) is 35.4 Å². The molecule has 0 saturated heterocycles. The Labute approximate surface area is 72.9 Å². The molecule has 0 heterocycles. The summed E-state index contributed by atoms with van der Waals surface area (Å²) in [5.74, 6) is 0.688. The van der Waals surface area contributed by atoms with Gasteiger partial charge in [0, 0.05) is 12.6 Å². The summed E-state index contributed by atoms with van der Waals surface area (Å²) in [6.45, 7) is 2.04. The lowest BCUT2D eigenvalue weighted by atomic mass is 10.1. The van der Waals surface area contributed by atoms with Gasteiger partial charge in [-0.1, -0.05) is 18.2 Å². The zero-order valence-corrected chi connectivity index (χ0v) is 7.66. The lowest BCUT2D eigenvalue weighted by molar-refractivity contribution is 0.404. The second kappa shape index (κ2) is 3.90. The van der Waals surface area contributed by atoms with Crippen molar-refractivity contribution in [1.29, 1.82) is 0 Å². The molecule has 0 aliphatic rings. The number of hydrogen-bond donors (Lipinski definition) is 0. The van der Waals surface area contributed by atoms with Crippen LogP contribution in [0.1, 0.15) is 11.1 Å². The smallest absolute Gasteiger partial charge is 0.215 e. The summed E-state index contributed by atoms with van der Waals surface area (Å²) in [7, 11) is 3.36. The van der Waals surface area contributed by atoms with Crippen LogP contribution in [0, 0.1) is 6.92 Å². The third kappa shape index (κ3) is 1.64. The highest BCUT2D eigenvalue weighted by molar-refractivity contribution is 5.95. The molecule has 0 unspecified atom stereocenters. The minimum atomic E-state index is 0.688. The van der Waals surface area contributed by atoms with E-state index in [1.165, 1.54) is 5.56 Å². The van der Waals surface area contributed by atoms with E-state index >= 15 is 0 Å². The van der Waals surface area contributed by atoms with Gasteiger partial charge in [-0.2, -0.15) is 0 Å². The second-order valence-electron chi connectivity index (χ2n) is 2.55. The maximum atomic E-state index is 5.12. The van der Waals surface area contributed by atoms with E-state index in [-0.39, 0.29) is 0 Å². The Balaban J connectivity index is 3.10. The highest BCUT2D eigenvalue weighted by atomic mass is 16.5. The summed E-state index contributed by atoms with van der Waals surface area (Å²) in [5, 5.41) is 0. The molecule has 0 spiro atoms. The Kier molecular flexibility index (Phi) is 2.86. The van der Waals surface area contributed by atoms with E-state index in [4.69, 9.17) is 4.74 Å². The molecule has 0 atom stereocenters. The number of rotatable bonds is 1. The van der Waals surface area contributed by atoms with E-state index < -0.39 is 0 Å². The van der Waals surface area contributed by atoms with Crippen molar-refractivity contribution >= 4 is 5.90 Å². The zero-order chi connectivity index (χ0) is 8.97. The maximum Gasteiger partial charge on any atom is 0.215 e. The van der Waals surface area contributed by atoms with Gasteiger partial charge < -0.3 is 4.74 Å². The van der Waals surface area contributed by atoms with Gasteiger partial charge in [-0.25, -0.2) is 0 Å². The highest BCUT2D eigenvalue weighted by Crippen LogP contribution is 2.08. The fourth-order valence-electron chi connectivity index (χ4n) is 1.13. The van der Waals surface area contributed by atoms with E-state index in [0.29, 0.717) is 5.90 Å². The van der Waals surface area contributed by atoms with Crippen molar-refractivity contribution in [1.82, 2.24) is 0 Å². The molecule has 0 aliphatic carbocycles. The topological polar surface area (TPSA) is 21.6 Å². The van der Waals surface area contributed by atoms with E-state index in [2.05, 4.69) is 4.99 Å². The van der Waals surface area contributed by atoms with Crippen molar-refractivity contribution in [3.63, 3.8) is 0 Å². The Morgan fingerprint density at radius 3 is 2.50 bits per heavy atom. The lowest BCUT2D eigenvalue weighted by Gasteiger charge is -2.06. The minimum absolute atomic E-state index is 0.688. The molecule has 1 aromatic carbocycles. The van der Waals surface area contributed by atoms with Gasteiger partial charge in [0.05, 0.1) is 7.11 Å². The average molecular weight is 163 g/mol. The van der Waals surface area contributed by atoms with Crippen LogP contribution in [-0.4, -0.2) is 20.1 Å². The fourth-order valence-corrected chi connectivity index (χ4v) is 1.13. The van der Waals surface area contributed by atoms with Gasteiger partial charge in [0.15, 0.2) is 0 Å². The number of aliphatic imine (C=N–C) groups is 1. The largest absolute Gasteiger partial charge is 0.481 e. The van der Waals surface area contributed by atoms with Gasteiger partial charge in [-0.15, -0.1) is 0 Å². The van der Waals surface area contributed by atoms with Crippen LogP contribution in [-0.2, 0) is 4.74 Å². The van der Waals surface area contributed by atoms with Crippen LogP contribution in [0.2, 0.25) is 0 Å². The Morgan fingerprint density at radius 2 is 2.00 bits per heavy atom. The predicted octanol–water partition coefficient (Wildman–Crippen LogP) is 2.02. The molecular weight excluding hydrogens is 150 g/mol. The van der Waals surface area contributed by atoms with Crippen LogP contribution in [0.3, 0.4) is 0 Å². The summed E-state index contributed by atoms with van der Waals surface area (Å²) in [6.07, 6.45) is 0. The lowest BCUT2D eigenvalue weighted by Crippen LogP contribution is -2.04. The average Bonchev–Trinajstić information content (AvgIpc) is 2.10. The molecule has 0 aliphatic heterocycles. The molecule has 0 saturated carbocycles. The Morgan fingerprint density at radius 1 is 1.33 bits per heavy atom. The number of ether oxygens (including phenoxy) is 1. The van der Waals surface area contributed by atoms with Crippen LogP contribution in [0.15, 0.2) is 29.3 Å². The normalized spacial score (nSPS) is 11.4. The first-order valence-electron chi connectivity index (χ1n) is 3.86. The molecule has 2 heteroatoms. The van der Waals surface area contributed by atoms with E-state index in [9.17, 15) is 0 Å². The first-order valence-corrected chi connectivity index (χ1v) is 3.86. The first kappa shape index (κ1) is 8.78. The second-order valence-corrected chi connectivity index (χ2v) is 2.55. The molecular formula is C10H13NO. The van der Waals surface area contributed by atoms with Gasteiger partial charge in [0.1, 0.15) is 0 Å². The molecule has 0 aromatic heterocycles. The molecule has 64 valence electrons. The number of benzene rings is 1. The fraction of sp³-hybridized carbons (Fsp3) is 0.300. The number of methoxy groups -OCH3 is 1. The Hall–Kier alpha value is -1.31. The van der Waals surface area contributed by atoms with Gasteiger partial charge in [-0.05, 0) is 18.6 Å². The molecule has 0 amide bonds. The van der Waals surface area contributed by atoms with Crippen molar-refractivity contribution in [2.24, 2.45) is 4.99 Å². The maximum absolute atomic E-state index is 5.12. The van der Waals surface area contributed by atoms with Crippen LogP contribution in [0.5, 0.6) is 0 Å². The van der Waals surface area contributed by atoms with Crippen LogP contribution >= 0.6 is 0 Å². The standard InChI is InChI=1S/C10H13NO/c1-8-6-4-5-7-9(8)10(11-2)12-3/h4-7H,1-3H3/b11-10+. The Bertz CT molecular complexity index is 292. The molecule has 12 heavy (non-hydrogen) atoms. The van der Waals surface area contributed by atoms with Crippen molar-refractivity contribution in [3.8, 4) is 0 Å². The molecule has 2 nitrogen and oxygen atoms in total. The third-order valence-corrected chi connectivity index (χ3v) is 1.77. The van der Waals surface area contributed by atoms with Gasteiger partial charge >= 0.3 is 0 Å². The summed E-state index contributed by atoms with van der Waals surface area (Å²) < 4.78 is 5.12. The van der Waals surface area contributed by atoms with Crippen LogP contribution < -0.4 is 0 Å². The van der Waals surface area contributed by atoms with E-state index in [1.54, 1.807) is 14.2 Å². The number of aryl methyl sites for hydroxylation is 1. The van der Waals surface area contributed by atoms with Crippen LogP contribution in [0.25, 0.3) is 0 Å². The van der Waals surface area contributed by atoms with Crippen molar-refractivity contribution < 1.29 is 4.74 Å². The summed E-state index contributed by atoms with van der Waals surface area (Å²) in [5.41, 5.74) is 2.24. The molecule has 1 rings (SSSR count). The summed E-state index contributed by atoms with van der Waals surface area (Å²) in [4.78, 5) is 4.03. The minimum Gasteiger partial charge on any atom is -0.481 e. The predicted molar refractivity (Wildman–Crippen MR) is 50.6 cm³/mol. The zero-order valence-electron chi connectivity index (χ0n) is 7.66. The molecule has 1 aromatic rings. The summed E-state index contributed by atoms with van der Waals surface area (Å²) >= 11 is 0. The number of nitrogens with zero attached hydrogens (tertiary/aromatic N) is 1. The number of hydrogen-bond acceptors (Lipinski definition) is 2. The van der Waals surface area contributed by atoms with Crippen molar-refractivity contribution in [2.75, 3.05) is 14.2 Å². The highest BCUT2D eigenvalue weighted by Gasteiger charge is 2.03. The monoisotopic (exact) mass is 163 g/mol. The molecule has 0 radical (unpaired) electrons. The summed E-state index contributed by atoms with van der Waals surface area (Å²) in [6, 6.07) is 8.02. The quantitative estimate of drug-likeness (QED) is 0.458. The van der Waals surface area contributed by atoms with E-state index in [1.807, 2.05) is 31.2 Å². The first-order chi connectivity index (χ1) is 5.79. The van der Waals surface area contributed by atoms with Crippen molar-refractivity contribution in [2.45, 2.75) is 6.92 Å². The third-order valence-electron chi connectivity index (χ3n) is 1.77. The molecule has 0 bridgehead atoms. The van der Waals surface area contributed by atoms with E-state index in [0.717, 1.165) is 5.56 Å². The van der Waals surface area contributed by atoms with Gasteiger partial charge in [0.2, 0.25) is 5.90 Å². The molecule has 0 N–H and O–H groups in total. The van der Waals surface area contributed by atoms with Crippen LogP contribution in [0.4, 0.5) is 0 Å². The molecule has 0 fully saturated rings.